The van der Waals surface area contributed by atoms with E-state index in [4.69, 9.17) is 21.1 Å². The van der Waals surface area contributed by atoms with Gasteiger partial charge in [-0.05, 0) is 74.3 Å². The number of aryl methyl sites for hydroxylation is 1. The van der Waals surface area contributed by atoms with Crippen LogP contribution < -0.4 is 14.8 Å². The van der Waals surface area contributed by atoms with Crippen LogP contribution in [0.5, 0.6) is 10.9 Å². The number of aromatic nitrogens is 4. The van der Waals surface area contributed by atoms with Gasteiger partial charge in [-0.3, -0.25) is 15.1 Å². The number of hydrogen-bond donors (Lipinski definition) is 2. The van der Waals surface area contributed by atoms with Crippen LogP contribution in [0.2, 0.25) is 5.15 Å². The average molecular weight is 530 g/mol. The summed E-state index contributed by atoms with van der Waals surface area (Å²) in [5.41, 5.74) is 1.85. The van der Waals surface area contributed by atoms with E-state index in [2.05, 4.69) is 25.5 Å². The molecule has 0 aromatic carbocycles. The number of methoxy groups -OCH3 is 1. The van der Waals surface area contributed by atoms with Gasteiger partial charge < -0.3 is 14.6 Å². The molecule has 190 valence electrons. The maximum atomic E-state index is 13.2. The summed E-state index contributed by atoms with van der Waals surface area (Å²) in [7, 11) is 1.53. The van der Waals surface area contributed by atoms with Crippen LogP contribution in [0.3, 0.4) is 0 Å². The highest BCUT2D eigenvalue weighted by molar-refractivity contribution is 7.17. The number of ether oxygens (including phenoxy) is 2. The second kappa shape index (κ2) is 10.3. The third kappa shape index (κ3) is 5.30. The standard InChI is InChI=1S/C25H28ClN5O4S/c1-14-8-17(18-9-21(26)28-12-20(18)34-2)19(11-27-14)22(32)29-23-30-31-24(36-23)35-13-16-5-7-25(33)6-3-4-15(16)10-25/h8-9,11-12,15-16,33H,3-7,10,13H2,1-2H3,(H,29,30,32). The number of halogens is 1. The number of carbonyl (C=O) groups excluding carboxylic acids is 1. The fourth-order valence-corrected chi connectivity index (χ4v) is 6.10. The second-order valence-electron chi connectivity index (χ2n) is 9.60. The first-order valence-electron chi connectivity index (χ1n) is 12.0. The van der Waals surface area contributed by atoms with Gasteiger partial charge in [0.05, 0.1) is 31.1 Å². The Kier molecular flexibility index (Phi) is 7.09. The van der Waals surface area contributed by atoms with E-state index in [0.29, 0.717) is 51.2 Å². The molecule has 0 spiro atoms. The van der Waals surface area contributed by atoms with Gasteiger partial charge in [-0.1, -0.05) is 23.1 Å². The Bertz CT molecular complexity index is 1270. The molecule has 2 aliphatic rings. The summed E-state index contributed by atoms with van der Waals surface area (Å²) >= 11 is 7.30. The van der Waals surface area contributed by atoms with Crippen LogP contribution in [0.15, 0.2) is 24.5 Å². The van der Waals surface area contributed by atoms with Gasteiger partial charge in [-0.2, -0.15) is 0 Å². The Morgan fingerprint density at radius 2 is 2.08 bits per heavy atom. The van der Waals surface area contributed by atoms with Crippen molar-refractivity contribution in [1.82, 2.24) is 20.2 Å². The van der Waals surface area contributed by atoms with Crippen LogP contribution in [0, 0.1) is 18.8 Å². The van der Waals surface area contributed by atoms with Crippen molar-refractivity contribution < 1.29 is 19.4 Å². The molecule has 9 nitrogen and oxygen atoms in total. The summed E-state index contributed by atoms with van der Waals surface area (Å²) in [5, 5.41) is 22.6. The molecule has 0 radical (unpaired) electrons. The van der Waals surface area contributed by atoms with E-state index < -0.39 is 5.60 Å². The van der Waals surface area contributed by atoms with Gasteiger partial charge >= 0.3 is 0 Å². The maximum absolute atomic E-state index is 13.2. The van der Waals surface area contributed by atoms with Crippen molar-refractivity contribution in [2.45, 2.75) is 51.0 Å². The van der Waals surface area contributed by atoms with E-state index >= 15 is 0 Å². The lowest BCUT2D eigenvalue weighted by Crippen LogP contribution is -2.44. The zero-order valence-corrected chi connectivity index (χ0v) is 21.7. The topological polar surface area (TPSA) is 119 Å². The number of anilines is 1. The molecule has 3 unspecified atom stereocenters. The number of nitrogens with one attached hydrogen (secondary N) is 1. The number of nitrogens with zero attached hydrogens (tertiary/aromatic N) is 4. The van der Waals surface area contributed by atoms with E-state index in [0.717, 1.165) is 44.2 Å². The lowest BCUT2D eigenvalue weighted by molar-refractivity contribution is -0.0732. The highest BCUT2D eigenvalue weighted by Gasteiger charge is 2.42. The summed E-state index contributed by atoms with van der Waals surface area (Å²) in [6.45, 7) is 2.38. The fraction of sp³-hybridized carbons (Fsp3) is 0.480. The molecule has 3 aromatic heterocycles. The van der Waals surface area contributed by atoms with Crippen LogP contribution >= 0.6 is 22.9 Å². The molecule has 2 bridgehead atoms. The fourth-order valence-electron chi connectivity index (χ4n) is 5.34. The third-order valence-corrected chi connectivity index (χ3v) is 8.14. The molecule has 36 heavy (non-hydrogen) atoms. The van der Waals surface area contributed by atoms with Gasteiger partial charge in [-0.25, -0.2) is 4.98 Å². The van der Waals surface area contributed by atoms with Crippen LogP contribution in [-0.2, 0) is 0 Å². The molecule has 0 saturated heterocycles. The summed E-state index contributed by atoms with van der Waals surface area (Å²) in [5.74, 6) is 0.986. The number of amides is 1. The molecule has 11 heteroatoms. The van der Waals surface area contributed by atoms with Crippen molar-refractivity contribution >= 4 is 34.0 Å². The van der Waals surface area contributed by atoms with Gasteiger partial charge in [0, 0.05) is 23.0 Å². The van der Waals surface area contributed by atoms with Crippen molar-refractivity contribution in [3.8, 4) is 22.1 Å². The molecular weight excluding hydrogens is 502 g/mol. The first-order chi connectivity index (χ1) is 17.3. The molecule has 5 rings (SSSR count). The smallest absolute Gasteiger partial charge is 0.295 e. The molecule has 3 heterocycles. The van der Waals surface area contributed by atoms with Crippen molar-refractivity contribution in [3.63, 3.8) is 0 Å². The first kappa shape index (κ1) is 24.9. The summed E-state index contributed by atoms with van der Waals surface area (Å²) in [4.78, 5) is 21.6. The summed E-state index contributed by atoms with van der Waals surface area (Å²) < 4.78 is 11.4. The van der Waals surface area contributed by atoms with Crippen molar-refractivity contribution in [1.29, 1.82) is 0 Å². The monoisotopic (exact) mass is 529 g/mol. The van der Waals surface area contributed by atoms with E-state index in [1.165, 1.54) is 30.8 Å². The zero-order valence-electron chi connectivity index (χ0n) is 20.2. The lowest BCUT2D eigenvalue weighted by Gasteiger charge is -2.45. The molecule has 2 fully saturated rings. The molecule has 2 aliphatic carbocycles. The Labute approximate surface area is 218 Å². The quantitative estimate of drug-likeness (QED) is 0.413. The average Bonchev–Trinajstić information content (AvgIpc) is 3.30. The Balaban J connectivity index is 1.28. The van der Waals surface area contributed by atoms with Crippen LogP contribution in [0.4, 0.5) is 5.13 Å². The second-order valence-corrected chi connectivity index (χ2v) is 10.9. The Hall–Kier alpha value is -2.82. The highest BCUT2D eigenvalue weighted by Crippen LogP contribution is 2.46. The molecule has 2 N–H and O–H groups in total. The lowest BCUT2D eigenvalue weighted by atomic mass is 9.65. The minimum Gasteiger partial charge on any atom is -0.494 e. The van der Waals surface area contributed by atoms with Gasteiger partial charge in [0.1, 0.15) is 10.9 Å². The molecule has 1 amide bonds. The number of hydrogen-bond acceptors (Lipinski definition) is 9. The van der Waals surface area contributed by atoms with Crippen LogP contribution in [0.1, 0.15) is 54.6 Å². The maximum Gasteiger partial charge on any atom is 0.295 e. The van der Waals surface area contributed by atoms with Crippen molar-refractivity contribution in [3.05, 3.63) is 40.9 Å². The Morgan fingerprint density at radius 3 is 2.92 bits per heavy atom. The SMILES string of the molecule is COc1cnc(Cl)cc1-c1cc(C)ncc1C(=O)Nc1nnc(OCC2CCC3(O)CCCC2C3)s1. The molecular formula is C25H28ClN5O4S. The third-order valence-electron chi connectivity index (χ3n) is 7.18. The number of aliphatic hydroxyl groups is 1. The number of pyridine rings is 2. The Morgan fingerprint density at radius 1 is 1.22 bits per heavy atom. The van der Waals surface area contributed by atoms with Crippen molar-refractivity contribution in [2.24, 2.45) is 11.8 Å². The number of rotatable bonds is 7. The van der Waals surface area contributed by atoms with E-state index in [-0.39, 0.29) is 11.1 Å². The summed E-state index contributed by atoms with van der Waals surface area (Å²) in [6, 6.07) is 3.45. The molecule has 0 aliphatic heterocycles. The largest absolute Gasteiger partial charge is 0.494 e. The minimum absolute atomic E-state index is 0.286. The zero-order chi connectivity index (χ0) is 25.3. The molecule has 2 saturated carbocycles. The molecule has 3 aromatic rings. The van der Waals surface area contributed by atoms with E-state index in [1.807, 2.05) is 6.92 Å². The summed E-state index contributed by atoms with van der Waals surface area (Å²) in [6.07, 6.45) is 8.79. The normalized spacial score (nSPS) is 23.2. The highest BCUT2D eigenvalue weighted by atomic mass is 35.5. The van der Waals surface area contributed by atoms with Gasteiger partial charge in [-0.15, -0.1) is 5.10 Å². The minimum atomic E-state index is -0.477. The van der Waals surface area contributed by atoms with E-state index in [1.54, 1.807) is 12.1 Å². The predicted octanol–water partition coefficient (Wildman–Crippen LogP) is 4.93. The van der Waals surface area contributed by atoms with E-state index in [9.17, 15) is 9.90 Å². The molecule has 3 atom stereocenters. The van der Waals surface area contributed by atoms with Gasteiger partial charge in [0.25, 0.3) is 11.1 Å². The number of fused-ring (bicyclic) bond motifs is 2. The first-order valence-corrected chi connectivity index (χ1v) is 13.2. The number of carbonyl (C=O) groups is 1. The van der Waals surface area contributed by atoms with Crippen LogP contribution in [0.25, 0.3) is 11.1 Å². The van der Waals surface area contributed by atoms with Gasteiger partial charge in [0.15, 0.2) is 0 Å². The van der Waals surface area contributed by atoms with Gasteiger partial charge in [0.2, 0.25) is 5.13 Å². The van der Waals surface area contributed by atoms with Crippen LogP contribution in [-0.4, -0.2) is 50.5 Å². The van der Waals surface area contributed by atoms with Crippen molar-refractivity contribution in [2.75, 3.05) is 19.0 Å². The predicted molar refractivity (Wildman–Crippen MR) is 137 cm³/mol.